The number of carbonyl (C=O) groups is 1. The largest absolute Gasteiger partial charge is 0.324 e. The maximum absolute atomic E-state index is 11.9. The molecule has 0 saturated carbocycles. The first-order chi connectivity index (χ1) is 8.18. The van der Waals surface area contributed by atoms with Crippen LogP contribution in [0.5, 0.6) is 0 Å². The number of hydrogen-bond donors (Lipinski definition) is 1. The SMILES string of the molecule is Cn1nncc1C(=O)CC(N)c1ccccc1. The highest BCUT2D eigenvalue weighted by Gasteiger charge is 2.16. The summed E-state index contributed by atoms with van der Waals surface area (Å²) in [6.45, 7) is 0. The van der Waals surface area contributed by atoms with Crippen LogP contribution in [0.3, 0.4) is 0 Å². The molecule has 5 heteroatoms. The number of aryl methyl sites for hydroxylation is 1. The van der Waals surface area contributed by atoms with Gasteiger partial charge in [-0.25, -0.2) is 4.68 Å². The summed E-state index contributed by atoms with van der Waals surface area (Å²) in [5, 5.41) is 7.40. The third-order valence-corrected chi connectivity index (χ3v) is 2.63. The standard InChI is InChI=1S/C12H14N4O/c1-16-11(8-14-15-16)12(17)7-10(13)9-5-3-2-4-6-9/h2-6,8,10H,7,13H2,1H3. The average Bonchev–Trinajstić information content (AvgIpc) is 2.76. The van der Waals surface area contributed by atoms with E-state index in [2.05, 4.69) is 10.3 Å². The van der Waals surface area contributed by atoms with E-state index in [0.29, 0.717) is 5.69 Å². The third-order valence-electron chi connectivity index (χ3n) is 2.63. The van der Waals surface area contributed by atoms with Gasteiger partial charge in [0, 0.05) is 19.5 Å². The monoisotopic (exact) mass is 230 g/mol. The van der Waals surface area contributed by atoms with E-state index in [4.69, 9.17) is 5.73 Å². The van der Waals surface area contributed by atoms with Gasteiger partial charge in [0.15, 0.2) is 5.78 Å². The van der Waals surface area contributed by atoms with Gasteiger partial charge in [0.1, 0.15) is 5.69 Å². The molecule has 0 spiro atoms. The minimum atomic E-state index is -0.293. The molecule has 0 saturated heterocycles. The van der Waals surface area contributed by atoms with Gasteiger partial charge in [-0.3, -0.25) is 4.79 Å². The van der Waals surface area contributed by atoms with Crippen LogP contribution in [0.1, 0.15) is 28.5 Å². The predicted octanol–water partition coefficient (Wildman–Crippen LogP) is 1.09. The van der Waals surface area contributed by atoms with Crippen LogP contribution < -0.4 is 5.73 Å². The normalized spacial score (nSPS) is 12.4. The number of aromatic nitrogens is 3. The summed E-state index contributed by atoms with van der Waals surface area (Å²) in [7, 11) is 1.69. The molecule has 2 rings (SSSR count). The van der Waals surface area contributed by atoms with Crippen molar-refractivity contribution in [1.82, 2.24) is 15.0 Å². The van der Waals surface area contributed by atoms with Crippen molar-refractivity contribution in [2.75, 3.05) is 0 Å². The lowest BCUT2D eigenvalue weighted by atomic mass is 10.0. The van der Waals surface area contributed by atoms with Crippen molar-refractivity contribution in [3.05, 3.63) is 47.8 Å². The van der Waals surface area contributed by atoms with E-state index < -0.39 is 0 Å². The molecule has 1 unspecified atom stereocenters. The Labute approximate surface area is 99.2 Å². The lowest BCUT2D eigenvalue weighted by molar-refractivity contribution is 0.0965. The van der Waals surface area contributed by atoms with Crippen molar-refractivity contribution in [2.45, 2.75) is 12.5 Å². The van der Waals surface area contributed by atoms with Gasteiger partial charge in [-0.2, -0.15) is 0 Å². The summed E-state index contributed by atoms with van der Waals surface area (Å²) < 4.78 is 1.46. The molecule has 2 aromatic rings. The zero-order valence-corrected chi connectivity index (χ0v) is 9.58. The molecule has 5 nitrogen and oxygen atoms in total. The van der Waals surface area contributed by atoms with Crippen molar-refractivity contribution in [3.63, 3.8) is 0 Å². The molecule has 0 aliphatic heterocycles. The van der Waals surface area contributed by atoms with Gasteiger partial charge in [-0.15, -0.1) is 5.10 Å². The van der Waals surface area contributed by atoms with Crippen molar-refractivity contribution in [2.24, 2.45) is 12.8 Å². The van der Waals surface area contributed by atoms with E-state index in [-0.39, 0.29) is 18.2 Å². The number of nitrogens with two attached hydrogens (primary N) is 1. The number of ketones is 1. The van der Waals surface area contributed by atoms with Gasteiger partial charge in [0.2, 0.25) is 0 Å². The number of benzene rings is 1. The van der Waals surface area contributed by atoms with Crippen molar-refractivity contribution in [3.8, 4) is 0 Å². The summed E-state index contributed by atoms with van der Waals surface area (Å²) in [6, 6.07) is 9.28. The highest BCUT2D eigenvalue weighted by Crippen LogP contribution is 2.15. The van der Waals surface area contributed by atoms with Gasteiger partial charge in [0.25, 0.3) is 0 Å². The Bertz CT molecular complexity index is 506. The van der Waals surface area contributed by atoms with E-state index in [9.17, 15) is 4.79 Å². The number of hydrogen-bond acceptors (Lipinski definition) is 4. The Hall–Kier alpha value is -2.01. The smallest absolute Gasteiger partial charge is 0.184 e. The Morgan fingerprint density at radius 2 is 2.12 bits per heavy atom. The fourth-order valence-electron chi connectivity index (χ4n) is 1.66. The van der Waals surface area contributed by atoms with E-state index in [1.807, 2.05) is 30.3 Å². The highest BCUT2D eigenvalue weighted by atomic mass is 16.1. The number of carbonyl (C=O) groups excluding carboxylic acids is 1. The van der Waals surface area contributed by atoms with Crippen LogP contribution in [0.15, 0.2) is 36.5 Å². The summed E-state index contributed by atoms with van der Waals surface area (Å²) in [6.07, 6.45) is 1.71. The second kappa shape index (κ2) is 4.88. The molecule has 1 atom stereocenters. The lowest BCUT2D eigenvalue weighted by Crippen LogP contribution is -2.17. The zero-order valence-electron chi connectivity index (χ0n) is 9.58. The molecular weight excluding hydrogens is 216 g/mol. The second-order valence-electron chi connectivity index (χ2n) is 3.89. The van der Waals surface area contributed by atoms with Crippen LogP contribution in [0.4, 0.5) is 0 Å². The zero-order chi connectivity index (χ0) is 12.3. The number of rotatable bonds is 4. The molecular formula is C12H14N4O. The first kappa shape index (κ1) is 11.5. The van der Waals surface area contributed by atoms with Crippen LogP contribution in [0.2, 0.25) is 0 Å². The molecule has 0 amide bonds. The molecule has 88 valence electrons. The minimum absolute atomic E-state index is 0.0474. The van der Waals surface area contributed by atoms with Gasteiger partial charge in [-0.05, 0) is 5.56 Å². The Morgan fingerprint density at radius 3 is 2.71 bits per heavy atom. The van der Waals surface area contributed by atoms with Crippen LogP contribution in [-0.4, -0.2) is 20.8 Å². The van der Waals surface area contributed by atoms with Crippen molar-refractivity contribution >= 4 is 5.78 Å². The van der Waals surface area contributed by atoms with Gasteiger partial charge >= 0.3 is 0 Å². The van der Waals surface area contributed by atoms with Gasteiger partial charge in [-0.1, -0.05) is 35.5 Å². The molecule has 0 bridgehead atoms. The van der Waals surface area contributed by atoms with Gasteiger partial charge in [0.05, 0.1) is 6.20 Å². The quantitative estimate of drug-likeness (QED) is 0.798. The summed E-state index contributed by atoms with van der Waals surface area (Å²) in [5.74, 6) is -0.0474. The summed E-state index contributed by atoms with van der Waals surface area (Å²) in [5.41, 5.74) is 7.42. The van der Waals surface area contributed by atoms with Crippen molar-refractivity contribution in [1.29, 1.82) is 0 Å². The molecule has 17 heavy (non-hydrogen) atoms. The van der Waals surface area contributed by atoms with E-state index in [1.165, 1.54) is 10.9 Å². The average molecular weight is 230 g/mol. The van der Waals surface area contributed by atoms with Gasteiger partial charge < -0.3 is 5.73 Å². The molecule has 1 aromatic heterocycles. The molecule has 0 radical (unpaired) electrons. The summed E-state index contributed by atoms with van der Waals surface area (Å²) in [4.78, 5) is 11.9. The Balaban J connectivity index is 2.08. The molecule has 0 fully saturated rings. The van der Waals surface area contributed by atoms with Crippen LogP contribution in [0, 0.1) is 0 Å². The number of nitrogens with zero attached hydrogens (tertiary/aromatic N) is 3. The van der Waals surface area contributed by atoms with E-state index >= 15 is 0 Å². The van der Waals surface area contributed by atoms with E-state index in [0.717, 1.165) is 5.56 Å². The fourth-order valence-corrected chi connectivity index (χ4v) is 1.66. The first-order valence-corrected chi connectivity index (χ1v) is 5.37. The second-order valence-corrected chi connectivity index (χ2v) is 3.89. The molecule has 0 aliphatic rings. The maximum atomic E-state index is 11.9. The minimum Gasteiger partial charge on any atom is -0.324 e. The molecule has 1 aromatic carbocycles. The molecule has 2 N–H and O–H groups in total. The Morgan fingerprint density at radius 1 is 1.41 bits per heavy atom. The maximum Gasteiger partial charge on any atom is 0.184 e. The van der Waals surface area contributed by atoms with E-state index in [1.54, 1.807) is 7.05 Å². The first-order valence-electron chi connectivity index (χ1n) is 5.37. The molecule has 0 aliphatic carbocycles. The summed E-state index contributed by atoms with van der Waals surface area (Å²) >= 11 is 0. The predicted molar refractivity (Wildman–Crippen MR) is 63.3 cm³/mol. The Kier molecular flexibility index (Phi) is 3.30. The van der Waals surface area contributed by atoms with Crippen molar-refractivity contribution < 1.29 is 4.79 Å². The number of Topliss-reactive ketones (excluding diaryl/α,β-unsaturated/α-hetero) is 1. The lowest BCUT2D eigenvalue weighted by Gasteiger charge is -2.10. The topological polar surface area (TPSA) is 73.8 Å². The van der Waals surface area contributed by atoms with Crippen LogP contribution >= 0.6 is 0 Å². The van der Waals surface area contributed by atoms with Crippen LogP contribution in [-0.2, 0) is 7.05 Å². The third kappa shape index (κ3) is 2.57. The molecule has 1 heterocycles. The van der Waals surface area contributed by atoms with Crippen LogP contribution in [0.25, 0.3) is 0 Å². The fraction of sp³-hybridized carbons (Fsp3) is 0.250. The highest BCUT2D eigenvalue weighted by molar-refractivity contribution is 5.94.